The van der Waals surface area contributed by atoms with Gasteiger partial charge in [0.25, 0.3) is 0 Å². The van der Waals surface area contributed by atoms with Gasteiger partial charge in [-0.3, -0.25) is 0 Å². The second-order valence-corrected chi connectivity index (χ2v) is 4.22. The molecule has 0 saturated heterocycles. The van der Waals surface area contributed by atoms with Gasteiger partial charge in [0.1, 0.15) is 11.5 Å². The molecule has 0 bridgehead atoms. The van der Waals surface area contributed by atoms with Crippen LogP contribution in [0.4, 0.5) is 0 Å². The van der Waals surface area contributed by atoms with E-state index in [1.807, 2.05) is 30.3 Å². The first kappa shape index (κ1) is 12.5. The lowest BCUT2D eigenvalue weighted by Crippen LogP contribution is -2.16. The van der Waals surface area contributed by atoms with Gasteiger partial charge in [-0.25, -0.2) is 0 Å². The maximum Gasteiger partial charge on any atom is 0.120 e. The summed E-state index contributed by atoms with van der Waals surface area (Å²) in [5.41, 5.74) is 2.08. The third kappa shape index (κ3) is 3.50. The van der Waals surface area contributed by atoms with Crippen LogP contribution in [0.5, 0.6) is 11.5 Å². The van der Waals surface area contributed by atoms with Crippen molar-refractivity contribution in [2.24, 2.45) is 0 Å². The van der Waals surface area contributed by atoms with Crippen molar-refractivity contribution >= 4 is 0 Å². The summed E-state index contributed by atoms with van der Waals surface area (Å²) in [6.07, 6.45) is 0.897. The van der Waals surface area contributed by atoms with Crippen LogP contribution < -0.4 is 5.32 Å². The first-order valence-electron chi connectivity index (χ1n) is 6.01. The molecule has 3 N–H and O–H groups in total. The zero-order valence-corrected chi connectivity index (χ0v) is 10.1. The Bertz CT molecular complexity index is 494. The van der Waals surface area contributed by atoms with Crippen molar-refractivity contribution < 1.29 is 10.2 Å². The smallest absolute Gasteiger partial charge is 0.120 e. The highest BCUT2D eigenvalue weighted by atomic mass is 16.3. The van der Waals surface area contributed by atoms with E-state index in [4.69, 9.17) is 5.11 Å². The molecule has 0 aliphatic heterocycles. The van der Waals surface area contributed by atoms with Gasteiger partial charge >= 0.3 is 0 Å². The van der Waals surface area contributed by atoms with Gasteiger partial charge in [-0.05, 0) is 36.7 Å². The zero-order chi connectivity index (χ0) is 12.8. The highest BCUT2D eigenvalue weighted by Crippen LogP contribution is 2.15. The Balaban J connectivity index is 1.76. The van der Waals surface area contributed by atoms with Crippen LogP contribution in [0.15, 0.2) is 48.5 Å². The van der Waals surface area contributed by atoms with Gasteiger partial charge in [0, 0.05) is 12.1 Å². The summed E-state index contributed by atoms with van der Waals surface area (Å²) in [6, 6.07) is 14.5. The van der Waals surface area contributed by atoms with E-state index in [1.54, 1.807) is 18.2 Å². The molecule has 0 amide bonds. The van der Waals surface area contributed by atoms with Crippen LogP contribution in [0.1, 0.15) is 11.1 Å². The van der Waals surface area contributed by atoms with Gasteiger partial charge in [-0.15, -0.1) is 0 Å². The van der Waals surface area contributed by atoms with Gasteiger partial charge in [0.15, 0.2) is 0 Å². The molecule has 0 spiro atoms. The highest BCUT2D eigenvalue weighted by Gasteiger charge is 1.98. The lowest BCUT2D eigenvalue weighted by Gasteiger charge is -2.06. The first-order chi connectivity index (χ1) is 8.75. The molecule has 0 radical (unpaired) electrons. The summed E-state index contributed by atoms with van der Waals surface area (Å²) in [7, 11) is 0. The number of phenolic OH excluding ortho intramolecular Hbond substituents is 2. The molecular formula is C15H17NO2. The first-order valence-corrected chi connectivity index (χ1v) is 6.01. The van der Waals surface area contributed by atoms with Gasteiger partial charge in [-0.1, -0.05) is 30.3 Å². The third-order valence-corrected chi connectivity index (χ3v) is 2.83. The molecule has 0 heterocycles. The number of phenols is 2. The summed E-state index contributed by atoms with van der Waals surface area (Å²) in [6.45, 7) is 1.49. The summed E-state index contributed by atoms with van der Waals surface area (Å²) < 4.78 is 0. The Kier molecular flexibility index (Phi) is 4.20. The number of hydrogen-bond donors (Lipinski definition) is 3. The lowest BCUT2D eigenvalue weighted by molar-refractivity contribution is 0.464. The molecule has 0 atom stereocenters. The van der Waals surface area contributed by atoms with E-state index >= 15 is 0 Å². The highest BCUT2D eigenvalue weighted by molar-refractivity contribution is 5.31. The molecule has 2 aromatic rings. The fourth-order valence-electron chi connectivity index (χ4n) is 1.78. The van der Waals surface area contributed by atoms with Gasteiger partial charge < -0.3 is 15.5 Å². The predicted octanol–water partition coefficient (Wildman–Crippen LogP) is 2.43. The molecule has 2 rings (SSSR count). The predicted molar refractivity (Wildman–Crippen MR) is 71.6 cm³/mol. The summed E-state index contributed by atoms with van der Waals surface area (Å²) in [4.78, 5) is 0. The van der Waals surface area contributed by atoms with E-state index in [0.717, 1.165) is 18.5 Å². The SMILES string of the molecule is Oc1ccc(CCNCc2ccccc2O)cc1. The van der Waals surface area contributed by atoms with Crippen LogP contribution in [0.25, 0.3) is 0 Å². The Morgan fingerprint density at radius 3 is 2.33 bits per heavy atom. The van der Waals surface area contributed by atoms with Crippen molar-refractivity contribution in [1.82, 2.24) is 5.32 Å². The molecule has 0 aromatic heterocycles. The van der Waals surface area contributed by atoms with E-state index < -0.39 is 0 Å². The summed E-state index contributed by atoms with van der Waals surface area (Å²) in [5, 5.41) is 22.0. The Morgan fingerprint density at radius 2 is 1.61 bits per heavy atom. The van der Waals surface area contributed by atoms with Crippen molar-refractivity contribution in [2.75, 3.05) is 6.54 Å². The van der Waals surface area contributed by atoms with Crippen LogP contribution in [-0.4, -0.2) is 16.8 Å². The second-order valence-electron chi connectivity index (χ2n) is 4.22. The van der Waals surface area contributed by atoms with Crippen molar-refractivity contribution in [3.63, 3.8) is 0 Å². The van der Waals surface area contributed by atoms with E-state index in [2.05, 4.69) is 5.32 Å². The lowest BCUT2D eigenvalue weighted by atomic mass is 10.1. The van der Waals surface area contributed by atoms with E-state index in [1.165, 1.54) is 5.56 Å². The van der Waals surface area contributed by atoms with Crippen molar-refractivity contribution in [3.8, 4) is 11.5 Å². The van der Waals surface area contributed by atoms with Crippen LogP contribution in [0.3, 0.4) is 0 Å². The Morgan fingerprint density at radius 1 is 0.889 bits per heavy atom. The van der Waals surface area contributed by atoms with E-state index in [9.17, 15) is 5.11 Å². The number of rotatable bonds is 5. The van der Waals surface area contributed by atoms with Gasteiger partial charge in [0.2, 0.25) is 0 Å². The van der Waals surface area contributed by atoms with Crippen LogP contribution in [-0.2, 0) is 13.0 Å². The minimum Gasteiger partial charge on any atom is -0.508 e. The Hall–Kier alpha value is -2.00. The molecule has 0 aliphatic rings. The molecule has 3 nitrogen and oxygen atoms in total. The fraction of sp³-hybridized carbons (Fsp3) is 0.200. The minimum atomic E-state index is 0.293. The molecule has 2 aromatic carbocycles. The number of benzene rings is 2. The van der Waals surface area contributed by atoms with Crippen LogP contribution in [0.2, 0.25) is 0 Å². The molecule has 0 unspecified atom stereocenters. The topological polar surface area (TPSA) is 52.5 Å². The molecule has 0 aliphatic carbocycles. The van der Waals surface area contributed by atoms with Crippen LogP contribution >= 0.6 is 0 Å². The molecule has 3 heteroatoms. The normalized spacial score (nSPS) is 10.4. The van der Waals surface area contributed by atoms with Crippen molar-refractivity contribution in [2.45, 2.75) is 13.0 Å². The summed E-state index contributed by atoms with van der Waals surface area (Å²) >= 11 is 0. The Labute approximate surface area is 107 Å². The van der Waals surface area contributed by atoms with E-state index in [0.29, 0.717) is 18.0 Å². The van der Waals surface area contributed by atoms with Crippen molar-refractivity contribution in [3.05, 3.63) is 59.7 Å². The molecule has 0 saturated carbocycles. The monoisotopic (exact) mass is 243 g/mol. The van der Waals surface area contributed by atoms with Gasteiger partial charge in [-0.2, -0.15) is 0 Å². The fourth-order valence-corrected chi connectivity index (χ4v) is 1.78. The number of hydrogen-bond acceptors (Lipinski definition) is 3. The minimum absolute atomic E-state index is 0.293. The summed E-state index contributed by atoms with van der Waals surface area (Å²) in [5.74, 6) is 0.621. The molecular weight excluding hydrogens is 226 g/mol. The maximum atomic E-state index is 9.59. The average Bonchev–Trinajstić information content (AvgIpc) is 2.39. The zero-order valence-electron chi connectivity index (χ0n) is 10.1. The van der Waals surface area contributed by atoms with Crippen LogP contribution in [0, 0.1) is 0 Å². The maximum absolute atomic E-state index is 9.59. The second kappa shape index (κ2) is 6.07. The van der Waals surface area contributed by atoms with E-state index in [-0.39, 0.29) is 0 Å². The molecule has 94 valence electrons. The number of aromatic hydroxyl groups is 2. The van der Waals surface area contributed by atoms with Crippen molar-refractivity contribution in [1.29, 1.82) is 0 Å². The molecule has 18 heavy (non-hydrogen) atoms. The average molecular weight is 243 g/mol. The number of nitrogens with one attached hydrogen (secondary N) is 1. The largest absolute Gasteiger partial charge is 0.508 e. The molecule has 0 fully saturated rings. The van der Waals surface area contributed by atoms with Gasteiger partial charge in [0.05, 0.1) is 0 Å². The standard InChI is InChI=1S/C15H17NO2/c17-14-7-5-12(6-8-14)9-10-16-11-13-3-1-2-4-15(13)18/h1-8,16-18H,9-11H2. The third-order valence-electron chi connectivity index (χ3n) is 2.83. The number of para-hydroxylation sites is 1. The quantitative estimate of drug-likeness (QED) is 0.707.